The fourth-order valence-corrected chi connectivity index (χ4v) is 3.10. The van der Waals surface area contributed by atoms with Crippen molar-refractivity contribution in [3.63, 3.8) is 0 Å². The minimum absolute atomic E-state index is 0.0808. The van der Waals surface area contributed by atoms with Crippen LogP contribution in [0.4, 0.5) is 5.69 Å². The number of ketones is 1. The van der Waals surface area contributed by atoms with E-state index in [2.05, 4.69) is 10.4 Å². The number of anilines is 1. The summed E-state index contributed by atoms with van der Waals surface area (Å²) in [6.07, 6.45) is 2.03. The largest absolute Gasteiger partial charge is 0.384 e. The number of aromatic nitrogens is 2. The maximum atomic E-state index is 12.5. The summed E-state index contributed by atoms with van der Waals surface area (Å²) >= 11 is 6.31. The van der Waals surface area contributed by atoms with Gasteiger partial charge in [-0.15, -0.1) is 0 Å². The quantitative estimate of drug-likeness (QED) is 0.883. The van der Waals surface area contributed by atoms with Gasteiger partial charge in [-0.05, 0) is 36.6 Å². The number of benzene rings is 1. The van der Waals surface area contributed by atoms with Crippen molar-refractivity contribution in [2.45, 2.75) is 26.2 Å². The summed E-state index contributed by atoms with van der Waals surface area (Å²) in [5.74, 6) is 0.0808. The number of rotatable bonds is 4. The lowest BCUT2D eigenvalue weighted by Crippen LogP contribution is -2.08. The first kappa shape index (κ1) is 14.1. The molecule has 21 heavy (non-hydrogen) atoms. The van der Waals surface area contributed by atoms with Crippen LogP contribution < -0.4 is 5.32 Å². The van der Waals surface area contributed by atoms with Gasteiger partial charge >= 0.3 is 0 Å². The van der Waals surface area contributed by atoms with Crippen LogP contribution in [0.3, 0.4) is 0 Å². The number of halogens is 1. The minimum Gasteiger partial charge on any atom is -0.384 e. The van der Waals surface area contributed by atoms with Gasteiger partial charge in [-0.2, -0.15) is 5.10 Å². The number of carbonyl (C=O) groups is 1. The molecule has 0 atom stereocenters. The molecule has 0 saturated heterocycles. The second-order valence-electron chi connectivity index (χ2n) is 5.33. The Bertz CT molecular complexity index is 706. The lowest BCUT2D eigenvalue weighted by atomic mass is 10.0. The Kier molecular flexibility index (Phi) is 3.72. The van der Waals surface area contributed by atoms with E-state index in [1.165, 1.54) is 5.56 Å². The first-order valence-corrected chi connectivity index (χ1v) is 7.58. The molecule has 1 aliphatic rings. The highest BCUT2D eigenvalue weighted by atomic mass is 35.5. The van der Waals surface area contributed by atoms with Crippen LogP contribution in [0, 0.1) is 0 Å². The SMILES string of the molecule is CCc1nn(C)c(CC(=O)c2ccc3c(c2)CCN3)c1Cl. The molecule has 1 N–H and O–H groups in total. The number of hydrogen-bond donors (Lipinski definition) is 1. The van der Waals surface area contributed by atoms with Crippen LogP contribution in [0.15, 0.2) is 18.2 Å². The molecule has 0 saturated carbocycles. The predicted octanol–water partition coefficient (Wildman–Crippen LogP) is 3.03. The maximum Gasteiger partial charge on any atom is 0.168 e. The van der Waals surface area contributed by atoms with E-state index in [9.17, 15) is 4.79 Å². The fourth-order valence-electron chi connectivity index (χ4n) is 2.74. The first-order chi connectivity index (χ1) is 10.1. The summed E-state index contributed by atoms with van der Waals surface area (Å²) in [5, 5.41) is 8.28. The van der Waals surface area contributed by atoms with E-state index in [-0.39, 0.29) is 12.2 Å². The zero-order valence-electron chi connectivity index (χ0n) is 12.2. The van der Waals surface area contributed by atoms with Crippen molar-refractivity contribution < 1.29 is 4.79 Å². The van der Waals surface area contributed by atoms with Gasteiger partial charge in [-0.25, -0.2) is 0 Å². The van der Waals surface area contributed by atoms with Gasteiger partial charge in [0.05, 0.1) is 22.8 Å². The highest BCUT2D eigenvalue weighted by Crippen LogP contribution is 2.25. The Morgan fingerprint density at radius 1 is 1.48 bits per heavy atom. The highest BCUT2D eigenvalue weighted by Gasteiger charge is 2.18. The first-order valence-electron chi connectivity index (χ1n) is 7.20. The molecule has 1 aromatic heterocycles. The molecule has 2 heterocycles. The lowest BCUT2D eigenvalue weighted by molar-refractivity contribution is 0.0990. The molecule has 0 amide bonds. The average molecular weight is 304 g/mol. The summed E-state index contributed by atoms with van der Waals surface area (Å²) in [4.78, 5) is 12.5. The number of nitrogens with one attached hydrogen (secondary N) is 1. The molecule has 4 nitrogen and oxygen atoms in total. The minimum atomic E-state index is 0.0808. The number of carbonyl (C=O) groups excluding carboxylic acids is 1. The van der Waals surface area contributed by atoms with Crippen molar-refractivity contribution in [1.82, 2.24) is 9.78 Å². The molecule has 2 aromatic rings. The Morgan fingerprint density at radius 3 is 3.00 bits per heavy atom. The zero-order chi connectivity index (χ0) is 15.0. The Hall–Kier alpha value is -1.81. The summed E-state index contributed by atoms with van der Waals surface area (Å²) in [7, 11) is 1.83. The number of fused-ring (bicyclic) bond motifs is 1. The average Bonchev–Trinajstić information content (AvgIpc) is 3.05. The standard InChI is InChI=1S/C16H18ClN3O/c1-3-12-16(17)14(20(2)19-12)9-15(21)11-4-5-13-10(8-11)6-7-18-13/h4-5,8,18H,3,6-7,9H2,1-2H3. The van der Waals surface area contributed by atoms with Crippen molar-refractivity contribution in [2.75, 3.05) is 11.9 Å². The molecule has 110 valence electrons. The summed E-state index contributed by atoms with van der Waals surface area (Å²) in [6, 6.07) is 5.85. The highest BCUT2D eigenvalue weighted by molar-refractivity contribution is 6.32. The van der Waals surface area contributed by atoms with Crippen molar-refractivity contribution >= 4 is 23.1 Å². The van der Waals surface area contributed by atoms with Gasteiger partial charge < -0.3 is 5.32 Å². The van der Waals surface area contributed by atoms with E-state index >= 15 is 0 Å². The summed E-state index contributed by atoms with van der Waals surface area (Å²) in [5.41, 5.74) is 4.73. The lowest BCUT2D eigenvalue weighted by Gasteiger charge is -2.05. The van der Waals surface area contributed by atoms with Gasteiger partial charge in [0.15, 0.2) is 5.78 Å². The van der Waals surface area contributed by atoms with Gasteiger partial charge in [0.2, 0.25) is 0 Å². The normalized spacial score (nSPS) is 13.1. The van der Waals surface area contributed by atoms with Gasteiger partial charge in [-0.1, -0.05) is 18.5 Å². The maximum absolute atomic E-state index is 12.5. The molecule has 0 bridgehead atoms. The van der Waals surface area contributed by atoms with Crippen molar-refractivity contribution in [2.24, 2.45) is 7.05 Å². The summed E-state index contributed by atoms with van der Waals surface area (Å²) < 4.78 is 1.72. The topological polar surface area (TPSA) is 46.9 Å². The monoisotopic (exact) mass is 303 g/mol. The Morgan fingerprint density at radius 2 is 2.29 bits per heavy atom. The van der Waals surface area contributed by atoms with E-state index in [1.54, 1.807) is 4.68 Å². The Labute approximate surface area is 129 Å². The summed E-state index contributed by atoms with van der Waals surface area (Å²) in [6.45, 7) is 2.95. The van der Waals surface area contributed by atoms with Crippen LogP contribution in [-0.4, -0.2) is 22.1 Å². The van der Waals surface area contributed by atoms with Crippen molar-refractivity contribution in [1.29, 1.82) is 0 Å². The molecular formula is C16H18ClN3O. The second kappa shape index (κ2) is 5.53. The number of aryl methyl sites for hydroxylation is 2. The molecular weight excluding hydrogens is 286 g/mol. The molecule has 5 heteroatoms. The van der Waals surface area contributed by atoms with Crippen LogP contribution in [0.1, 0.15) is 34.2 Å². The van der Waals surface area contributed by atoms with Crippen LogP contribution >= 0.6 is 11.6 Å². The third-order valence-corrected chi connectivity index (χ3v) is 4.40. The van der Waals surface area contributed by atoms with Gasteiger partial charge in [0.25, 0.3) is 0 Å². The van der Waals surface area contributed by atoms with Crippen LogP contribution in [-0.2, 0) is 26.3 Å². The molecule has 0 unspecified atom stereocenters. The Balaban J connectivity index is 1.85. The molecule has 0 aliphatic carbocycles. The number of Topliss-reactive ketones (excluding diaryl/α,β-unsaturated/α-hetero) is 1. The fraction of sp³-hybridized carbons (Fsp3) is 0.375. The van der Waals surface area contributed by atoms with Crippen LogP contribution in [0.5, 0.6) is 0 Å². The van der Waals surface area contributed by atoms with E-state index in [0.717, 1.165) is 42.0 Å². The molecule has 0 radical (unpaired) electrons. The zero-order valence-corrected chi connectivity index (χ0v) is 13.0. The molecule has 1 aliphatic heterocycles. The second-order valence-corrected chi connectivity index (χ2v) is 5.71. The van der Waals surface area contributed by atoms with Crippen molar-refractivity contribution in [3.05, 3.63) is 45.7 Å². The smallest absolute Gasteiger partial charge is 0.168 e. The third-order valence-electron chi connectivity index (χ3n) is 3.97. The molecule has 1 aromatic carbocycles. The van der Waals surface area contributed by atoms with E-state index in [1.807, 2.05) is 32.2 Å². The predicted molar refractivity (Wildman–Crippen MR) is 84.3 cm³/mol. The van der Waals surface area contributed by atoms with E-state index in [4.69, 9.17) is 11.6 Å². The third kappa shape index (κ3) is 2.56. The van der Waals surface area contributed by atoms with Crippen molar-refractivity contribution in [3.8, 4) is 0 Å². The molecule has 0 spiro atoms. The van der Waals surface area contributed by atoms with Gasteiger partial charge in [0.1, 0.15) is 0 Å². The molecule has 3 rings (SSSR count). The van der Waals surface area contributed by atoms with Gasteiger partial charge in [-0.3, -0.25) is 9.48 Å². The van der Waals surface area contributed by atoms with Crippen LogP contribution in [0.2, 0.25) is 5.02 Å². The van der Waals surface area contributed by atoms with E-state index in [0.29, 0.717) is 5.02 Å². The number of nitrogens with zero attached hydrogens (tertiary/aromatic N) is 2. The van der Waals surface area contributed by atoms with Gasteiger partial charge in [0, 0.05) is 24.8 Å². The molecule has 0 fully saturated rings. The van der Waals surface area contributed by atoms with Crippen LogP contribution in [0.25, 0.3) is 0 Å². The number of hydrogen-bond acceptors (Lipinski definition) is 3. The van der Waals surface area contributed by atoms with E-state index < -0.39 is 0 Å².